The van der Waals surface area contributed by atoms with Crippen LogP contribution in [0.3, 0.4) is 0 Å². The predicted molar refractivity (Wildman–Crippen MR) is 69.2 cm³/mol. The monoisotopic (exact) mass is 243 g/mol. The minimum absolute atomic E-state index is 0.0198. The van der Waals surface area contributed by atoms with Crippen molar-refractivity contribution in [1.29, 1.82) is 0 Å². The largest absolute Gasteiger partial charge is 0.372 e. The molecule has 1 fully saturated rings. The molecule has 0 saturated carbocycles. The molecule has 2 aromatic heterocycles. The number of hydrogen-bond donors (Lipinski definition) is 0. The van der Waals surface area contributed by atoms with Gasteiger partial charge in [-0.05, 0) is 19.9 Å². The van der Waals surface area contributed by atoms with Crippen molar-refractivity contribution >= 4 is 16.9 Å². The van der Waals surface area contributed by atoms with Crippen LogP contribution in [-0.4, -0.2) is 40.2 Å². The molecule has 18 heavy (non-hydrogen) atoms. The summed E-state index contributed by atoms with van der Waals surface area (Å²) in [7, 11) is 0. The Morgan fingerprint density at radius 2 is 2.00 bits per heavy atom. The molecule has 0 aliphatic carbocycles. The van der Waals surface area contributed by atoms with Gasteiger partial charge in [-0.15, -0.1) is 0 Å². The van der Waals surface area contributed by atoms with E-state index in [1.165, 1.54) is 0 Å². The van der Waals surface area contributed by atoms with Gasteiger partial charge in [0.1, 0.15) is 5.52 Å². The second-order valence-electron chi connectivity index (χ2n) is 4.53. The minimum atomic E-state index is -0.0198. The summed E-state index contributed by atoms with van der Waals surface area (Å²) < 4.78 is 5.65. The zero-order valence-corrected chi connectivity index (χ0v) is 10.3. The number of aromatic nitrogens is 3. The molecule has 93 valence electrons. The highest BCUT2D eigenvalue weighted by Gasteiger charge is 2.24. The van der Waals surface area contributed by atoms with Gasteiger partial charge >= 0.3 is 0 Å². The van der Waals surface area contributed by atoms with E-state index in [4.69, 9.17) is 4.74 Å². The van der Waals surface area contributed by atoms with Crippen LogP contribution in [-0.2, 0) is 4.74 Å². The Morgan fingerprint density at radius 3 is 2.83 bits per heavy atom. The Hall–Kier alpha value is -1.75. The van der Waals surface area contributed by atoms with Crippen LogP contribution in [0, 0.1) is 6.92 Å². The van der Waals surface area contributed by atoms with Gasteiger partial charge in [0.25, 0.3) is 0 Å². The van der Waals surface area contributed by atoms with Gasteiger partial charge < -0.3 is 9.64 Å². The second kappa shape index (κ2) is 4.49. The highest BCUT2D eigenvalue weighted by atomic mass is 16.5. The zero-order chi connectivity index (χ0) is 12.5. The minimum Gasteiger partial charge on any atom is -0.372 e. The van der Waals surface area contributed by atoms with Crippen molar-refractivity contribution in [3.05, 3.63) is 31.6 Å². The van der Waals surface area contributed by atoms with Crippen molar-refractivity contribution in [3.63, 3.8) is 0 Å². The molecule has 0 bridgehead atoms. The summed E-state index contributed by atoms with van der Waals surface area (Å²) in [5.74, 6) is 0. The molecule has 3 heterocycles. The molecular formula is C13H15N4O. The van der Waals surface area contributed by atoms with Gasteiger partial charge in [-0.1, -0.05) is 0 Å². The molecule has 0 aromatic carbocycles. The first-order valence-electron chi connectivity index (χ1n) is 6.03. The summed E-state index contributed by atoms with van der Waals surface area (Å²) in [6.07, 6.45) is 5.27. The molecule has 1 radical (unpaired) electrons. The Kier molecular flexibility index (Phi) is 2.83. The predicted octanol–water partition coefficient (Wildman–Crippen LogP) is 1.45. The molecule has 2 aromatic rings. The molecule has 5 nitrogen and oxygen atoms in total. The number of ether oxygens (including phenoxy) is 1. The Bertz CT molecular complexity index is 544. The highest BCUT2D eigenvalue weighted by Crippen LogP contribution is 2.25. The smallest absolute Gasteiger partial charge is 0.180 e. The lowest BCUT2D eigenvalue weighted by molar-refractivity contribution is 0.00879. The number of anilines is 1. The summed E-state index contributed by atoms with van der Waals surface area (Å²) in [4.78, 5) is 15.1. The fraction of sp³-hybridized carbons (Fsp3) is 0.385. The lowest BCUT2D eigenvalue weighted by Gasteiger charge is -2.36. The van der Waals surface area contributed by atoms with E-state index < -0.39 is 0 Å². The summed E-state index contributed by atoms with van der Waals surface area (Å²) in [5.41, 5.74) is 2.56. The van der Waals surface area contributed by atoms with Crippen LogP contribution in [0.15, 0.2) is 24.7 Å². The van der Waals surface area contributed by atoms with E-state index in [-0.39, 0.29) is 12.2 Å². The highest BCUT2D eigenvalue weighted by molar-refractivity contribution is 5.85. The maximum Gasteiger partial charge on any atom is 0.180 e. The fourth-order valence-corrected chi connectivity index (χ4v) is 2.36. The topological polar surface area (TPSA) is 51.1 Å². The van der Waals surface area contributed by atoms with Crippen LogP contribution < -0.4 is 4.90 Å². The molecule has 1 aliphatic rings. The number of hydrogen-bond acceptors (Lipinski definition) is 5. The van der Waals surface area contributed by atoms with Crippen LogP contribution >= 0.6 is 0 Å². The average molecular weight is 243 g/mol. The first-order chi connectivity index (χ1) is 8.74. The van der Waals surface area contributed by atoms with Crippen molar-refractivity contribution in [3.8, 4) is 0 Å². The third kappa shape index (κ3) is 2.01. The molecule has 0 unspecified atom stereocenters. The van der Waals surface area contributed by atoms with E-state index in [0.717, 1.165) is 24.3 Å². The van der Waals surface area contributed by atoms with E-state index in [0.29, 0.717) is 5.65 Å². The van der Waals surface area contributed by atoms with Gasteiger partial charge in [0, 0.05) is 31.7 Å². The van der Waals surface area contributed by atoms with Crippen molar-refractivity contribution in [2.75, 3.05) is 18.0 Å². The lowest BCUT2D eigenvalue weighted by atomic mass is 10.2. The molecule has 0 N–H and O–H groups in total. The zero-order valence-electron chi connectivity index (χ0n) is 10.3. The molecule has 1 aliphatic heterocycles. The van der Waals surface area contributed by atoms with E-state index in [2.05, 4.69) is 33.7 Å². The van der Waals surface area contributed by atoms with E-state index in [1.54, 1.807) is 18.6 Å². The number of rotatable bonds is 1. The van der Waals surface area contributed by atoms with Crippen molar-refractivity contribution < 1.29 is 4.74 Å². The number of nitrogens with zero attached hydrogens (tertiary/aromatic N) is 4. The normalized spacial score (nSPS) is 24.4. The quantitative estimate of drug-likeness (QED) is 0.758. The summed E-state index contributed by atoms with van der Waals surface area (Å²) in [5, 5.41) is 0. The SMILES string of the molecule is [CH2][C@@H]1CN(c2ccnc3nccnc23)C[C@@H](C)O1. The van der Waals surface area contributed by atoms with Gasteiger partial charge in [0.15, 0.2) is 5.65 Å². The maximum absolute atomic E-state index is 5.65. The van der Waals surface area contributed by atoms with Crippen LogP contribution in [0.25, 0.3) is 11.2 Å². The van der Waals surface area contributed by atoms with Crippen molar-refractivity contribution in [2.45, 2.75) is 19.1 Å². The third-order valence-corrected chi connectivity index (χ3v) is 3.02. The average Bonchev–Trinajstić information content (AvgIpc) is 2.37. The van der Waals surface area contributed by atoms with Crippen LogP contribution in [0.5, 0.6) is 0 Å². The summed E-state index contributed by atoms with van der Waals surface area (Å²) in [6.45, 7) is 7.64. The molecule has 5 heteroatoms. The maximum atomic E-state index is 5.65. The number of pyridine rings is 1. The van der Waals surface area contributed by atoms with Crippen molar-refractivity contribution in [2.24, 2.45) is 0 Å². The summed E-state index contributed by atoms with van der Waals surface area (Å²) >= 11 is 0. The molecule has 3 rings (SSSR count). The standard InChI is InChI=1S/C13H15N4O/c1-9-7-17(8-10(2)18-9)11-3-4-15-13-12(11)14-5-6-16-13/h3-6,9-10H,1,7-8H2,2H3/t9-,10-/m1/s1. The third-order valence-electron chi connectivity index (χ3n) is 3.02. The Balaban J connectivity index is 2.03. The fourth-order valence-electron chi connectivity index (χ4n) is 2.36. The van der Waals surface area contributed by atoms with E-state index in [9.17, 15) is 0 Å². The van der Waals surface area contributed by atoms with Gasteiger partial charge in [0.05, 0.1) is 17.9 Å². The number of fused-ring (bicyclic) bond motifs is 1. The van der Waals surface area contributed by atoms with Gasteiger partial charge in [0.2, 0.25) is 0 Å². The van der Waals surface area contributed by atoms with Gasteiger partial charge in [-0.3, -0.25) is 0 Å². The number of morpholine rings is 1. The van der Waals surface area contributed by atoms with E-state index in [1.807, 2.05) is 6.07 Å². The van der Waals surface area contributed by atoms with E-state index >= 15 is 0 Å². The van der Waals surface area contributed by atoms with Gasteiger partial charge in [-0.25, -0.2) is 15.0 Å². The van der Waals surface area contributed by atoms with Crippen molar-refractivity contribution in [1.82, 2.24) is 15.0 Å². The second-order valence-corrected chi connectivity index (χ2v) is 4.53. The molecule has 0 spiro atoms. The first kappa shape index (κ1) is 11.3. The van der Waals surface area contributed by atoms with Gasteiger partial charge in [-0.2, -0.15) is 0 Å². The molecule has 1 saturated heterocycles. The molecule has 2 atom stereocenters. The van der Waals surface area contributed by atoms with Crippen LogP contribution in [0.2, 0.25) is 0 Å². The molecular weight excluding hydrogens is 228 g/mol. The van der Waals surface area contributed by atoms with Crippen LogP contribution in [0.4, 0.5) is 5.69 Å². The summed E-state index contributed by atoms with van der Waals surface area (Å²) in [6, 6.07) is 1.97. The lowest BCUT2D eigenvalue weighted by Crippen LogP contribution is -2.45. The first-order valence-corrected chi connectivity index (χ1v) is 6.03. The van der Waals surface area contributed by atoms with Crippen LogP contribution in [0.1, 0.15) is 6.92 Å². The molecule has 0 amide bonds. The Labute approximate surface area is 106 Å². The Morgan fingerprint density at radius 1 is 1.22 bits per heavy atom.